The Bertz CT molecular complexity index is 822. The lowest BCUT2D eigenvalue weighted by atomic mass is 9.73. The van der Waals surface area contributed by atoms with Gasteiger partial charge in [-0.3, -0.25) is 4.79 Å². The maximum absolute atomic E-state index is 13.9. The van der Waals surface area contributed by atoms with Crippen molar-refractivity contribution >= 4 is 17.5 Å². The third-order valence-electron chi connectivity index (χ3n) is 5.47. The Balaban J connectivity index is 1.81. The Morgan fingerprint density at radius 2 is 1.93 bits per heavy atom. The first-order valence-electron chi connectivity index (χ1n) is 9.46. The molecule has 6 heteroatoms. The molecule has 150 valence electrons. The Morgan fingerprint density at radius 1 is 1.21 bits per heavy atom. The van der Waals surface area contributed by atoms with Crippen molar-refractivity contribution in [3.05, 3.63) is 70.5 Å². The lowest BCUT2D eigenvalue weighted by Gasteiger charge is -2.37. The molecule has 4 nitrogen and oxygen atoms in total. The maximum atomic E-state index is 13.9. The molecule has 28 heavy (non-hydrogen) atoms. The first kappa shape index (κ1) is 20.8. The second-order valence-electron chi connectivity index (χ2n) is 7.45. The highest BCUT2D eigenvalue weighted by Gasteiger charge is 2.42. The van der Waals surface area contributed by atoms with Gasteiger partial charge in [0.1, 0.15) is 5.82 Å². The van der Waals surface area contributed by atoms with Crippen LogP contribution in [-0.2, 0) is 14.9 Å². The minimum atomic E-state index is -0.772. The molecule has 0 unspecified atom stereocenters. The molecular weight excluding hydrogens is 379 g/mol. The van der Waals surface area contributed by atoms with Crippen LogP contribution in [0.1, 0.15) is 30.0 Å². The van der Waals surface area contributed by atoms with E-state index >= 15 is 0 Å². The van der Waals surface area contributed by atoms with Gasteiger partial charge in [0.15, 0.2) is 0 Å². The van der Waals surface area contributed by atoms with Gasteiger partial charge in [-0.25, -0.2) is 4.39 Å². The summed E-state index contributed by atoms with van der Waals surface area (Å²) in [6.45, 7) is 1.40. The van der Waals surface area contributed by atoms with Crippen molar-refractivity contribution in [2.45, 2.75) is 24.3 Å². The molecule has 2 aromatic carbocycles. The summed E-state index contributed by atoms with van der Waals surface area (Å²) < 4.78 is 19.3. The van der Waals surface area contributed by atoms with Crippen LogP contribution in [0.15, 0.2) is 48.5 Å². The molecule has 0 aromatic heterocycles. The highest BCUT2D eigenvalue weighted by Crippen LogP contribution is 2.35. The van der Waals surface area contributed by atoms with Crippen molar-refractivity contribution in [2.24, 2.45) is 0 Å². The van der Waals surface area contributed by atoms with Crippen molar-refractivity contribution in [2.75, 3.05) is 33.9 Å². The zero-order valence-corrected chi connectivity index (χ0v) is 17.0. The molecule has 1 N–H and O–H groups in total. The van der Waals surface area contributed by atoms with Crippen molar-refractivity contribution in [3.63, 3.8) is 0 Å². The summed E-state index contributed by atoms with van der Waals surface area (Å²) in [6, 6.07) is 14.0. The first-order valence-corrected chi connectivity index (χ1v) is 9.84. The molecule has 1 aliphatic heterocycles. The molecule has 0 aliphatic carbocycles. The zero-order valence-electron chi connectivity index (χ0n) is 16.3. The monoisotopic (exact) mass is 404 g/mol. The van der Waals surface area contributed by atoms with Crippen molar-refractivity contribution < 1.29 is 13.9 Å². The summed E-state index contributed by atoms with van der Waals surface area (Å²) in [4.78, 5) is 15.4. The number of halogens is 2. The number of rotatable bonds is 6. The van der Waals surface area contributed by atoms with Gasteiger partial charge in [0, 0.05) is 24.8 Å². The van der Waals surface area contributed by atoms with Crippen LogP contribution in [0.3, 0.4) is 0 Å². The molecule has 1 aliphatic rings. The van der Waals surface area contributed by atoms with Gasteiger partial charge in [0.25, 0.3) is 0 Å². The molecule has 0 saturated carbocycles. The Hall–Kier alpha value is -1.95. The van der Waals surface area contributed by atoms with E-state index < -0.39 is 5.41 Å². The van der Waals surface area contributed by atoms with Crippen LogP contribution in [-0.4, -0.2) is 44.7 Å². The number of nitrogens with zero attached hydrogens (tertiary/aromatic N) is 1. The van der Waals surface area contributed by atoms with Crippen molar-refractivity contribution in [1.29, 1.82) is 0 Å². The zero-order chi connectivity index (χ0) is 20.1. The average molecular weight is 405 g/mol. The predicted octanol–water partition coefficient (Wildman–Crippen LogP) is 3.95. The normalized spacial score (nSPS) is 17.3. The van der Waals surface area contributed by atoms with Gasteiger partial charge in [-0.05, 0) is 62.3 Å². The summed E-state index contributed by atoms with van der Waals surface area (Å²) >= 11 is 6.14. The van der Waals surface area contributed by atoms with E-state index in [-0.39, 0.29) is 17.8 Å². The predicted molar refractivity (Wildman–Crippen MR) is 109 cm³/mol. The molecule has 1 fully saturated rings. The third kappa shape index (κ3) is 4.54. The van der Waals surface area contributed by atoms with Gasteiger partial charge in [-0.1, -0.05) is 35.9 Å². The van der Waals surface area contributed by atoms with Gasteiger partial charge in [-0.2, -0.15) is 0 Å². The minimum Gasteiger partial charge on any atom is -0.381 e. The Morgan fingerprint density at radius 3 is 2.57 bits per heavy atom. The van der Waals surface area contributed by atoms with Crippen LogP contribution in [0.25, 0.3) is 0 Å². The average Bonchev–Trinajstić information content (AvgIpc) is 2.68. The van der Waals surface area contributed by atoms with Crippen molar-refractivity contribution in [3.8, 4) is 0 Å². The van der Waals surface area contributed by atoms with E-state index in [0.717, 1.165) is 5.56 Å². The van der Waals surface area contributed by atoms with Crippen LogP contribution in [0, 0.1) is 5.82 Å². The van der Waals surface area contributed by atoms with Crippen LogP contribution >= 0.6 is 11.6 Å². The molecule has 0 radical (unpaired) electrons. The van der Waals surface area contributed by atoms with Crippen LogP contribution in [0.2, 0.25) is 5.02 Å². The third-order valence-corrected chi connectivity index (χ3v) is 5.71. The molecule has 2 aromatic rings. The van der Waals surface area contributed by atoms with E-state index in [2.05, 4.69) is 5.32 Å². The number of ether oxygens (including phenoxy) is 1. The second kappa shape index (κ2) is 9.03. The molecular formula is C22H26ClFN2O2. The number of carbonyl (C=O) groups excluding carboxylic acids is 1. The Labute approximate surface area is 170 Å². The molecule has 1 saturated heterocycles. The van der Waals surface area contributed by atoms with E-state index in [1.54, 1.807) is 6.07 Å². The summed E-state index contributed by atoms with van der Waals surface area (Å²) in [5.74, 6) is -0.420. The fraction of sp³-hybridized carbons (Fsp3) is 0.409. The van der Waals surface area contributed by atoms with Crippen LogP contribution in [0.5, 0.6) is 0 Å². The standard InChI is InChI=1S/C22H26ClFN2O2/c1-26(2)20(16-5-3-7-18(23)13-16)15-25-21(27)22(9-11-28-12-10-22)17-6-4-8-19(24)14-17/h3-8,13-14,20H,9-12,15H2,1-2H3,(H,25,27)/t20-/m1/s1. The molecule has 1 amide bonds. The van der Waals surface area contributed by atoms with Gasteiger partial charge >= 0.3 is 0 Å². The van der Waals surface area contributed by atoms with Gasteiger partial charge in [-0.15, -0.1) is 0 Å². The summed E-state index contributed by atoms with van der Waals surface area (Å²) in [6.07, 6.45) is 1.07. The SMILES string of the molecule is CN(C)[C@H](CNC(=O)C1(c2cccc(F)c2)CCOCC1)c1cccc(Cl)c1. The molecule has 3 rings (SSSR count). The number of amides is 1. The van der Waals surface area contributed by atoms with E-state index in [1.807, 2.05) is 49.3 Å². The molecule has 1 atom stereocenters. The lowest BCUT2D eigenvalue weighted by molar-refractivity contribution is -0.130. The number of carbonyl (C=O) groups is 1. The second-order valence-corrected chi connectivity index (χ2v) is 7.89. The van der Waals surface area contributed by atoms with E-state index in [4.69, 9.17) is 16.3 Å². The molecule has 0 bridgehead atoms. The highest BCUT2D eigenvalue weighted by molar-refractivity contribution is 6.30. The van der Waals surface area contributed by atoms with E-state index in [1.165, 1.54) is 12.1 Å². The highest BCUT2D eigenvalue weighted by atomic mass is 35.5. The fourth-order valence-corrected chi connectivity index (χ4v) is 4.02. The number of hydrogen-bond acceptors (Lipinski definition) is 3. The topological polar surface area (TPSA) is 41.6 Å². The Kier molecular flexibility index (Phi) is 6.70. The minimum absolute atomic E-state index is 0.0212. The number of benzene rings is 2. The van der Waals surface area contributed by atoms with Crippen LogP contribution < -0.4 is 5.32 Å². The first-order chi connectivity index (χ1) is 13.4. The van der Waals surface area contributed by atoms with E-state index in [9.17, 15) is 9.18 Å². The lowest BCUT2D eigenvalue weighted by Crippen LogP contribution is -2.49. The van der Waals surface area contributed by atoms with Gasteiger partial charge in [0.2, 0.25) is 5.91 Å². The summed E-state index contributed by atoms with van der Waals surface area (Å²) in [5.41, 5.74) is 0.966. The van der Waals surface area contributed by atoms with Gasteiger partial charge in [0.05, 0.1) is 11.5 Å². The van der Waals surface area contributed by atoms with Gasteiger partial charge < -0.3 is 15.0 Å². The smallest absolute Gasteiger partial charge is 0.230 e. The largest absolute Gasteiger partial charge is 0.381 e. The fourth-order valence-electron chi connectivity index (χ4n) is 3.82. The quantitative estimate of drug-likeness (QED) is 0.792. The van der Waals surface area contributed by atoms with Crippen molar-refractivity contribution in [1.82, 2.24) is 10.2 Å². The maximum Gasteiger partial charge on any atom is 0.230 e. The number of likely N-dealkylation sites (N-methyl/N-ethyl adjacent to an activating group) is 1. The van der Waals surface area contributed by atoms with Crippen LogP contribution in [0.4, 0.5) is 4.39 Å². The summed E-state index contributed by atoms with van der Waals surface area (Å²) in [5, 5.41) is 3.77. The molecule has 1 heterocycles. The number of hydrogen-bond donors (Lipinski definition) is 1. The summed E-state index contributed by atoms with van der Waals surface area (Å²) in [7, 11) is 3.93. The number of nitrogens with one attached hydrogen (secondary N) is 1. The van der Waals surface area contributed by atoms with E-state index in [0.29, 0.717) is 43.2 Å². The molecule has 0 spiro atoms.